The number of unbranched alkanes of at least 4 members (excludes halogenated alkanes) is 3. The molecule has 1 unspecified atom stereocenters. The van der Waals surface area contributed by atoms with Gasteiger partial charge in [0, 0.05) is 0 Å². The van der Waals surface area contributed by atoms with Crippen molar-refractivity contribution in [2.75, 3.05) is 6.61 Å². The SMILES string of the molecule is CC(Br)C(=O)OCCCCCC[Si](C)(C)Cl. The van der Waals surface area contributed by atoms with E-state index in [1.807, 2.05) is 0 Å². The summed E-state index contributed by atoms with van der Waals surface area (Å²) < 4.78 is 5.05. The van der Waals surface area contributed by atoms with E-state index in [1.54, 1.807) is 6.92 Å². The van der Waals surface area contributed by atoms with Gasteiger partial charge in [-0.2, -0.15) is 11.1 Å². The van der Waals surface area contributed by atoms with Gasteiger partial charge in [-0.3, -0.25) is 4.79 Å². The Balaban J connectivity index is 3.26. The zero-order valence-electron chi connectivity index (χ0n) is 10.4. The summed E-state index contributed by atoms with van der Waals surface area (Å²) in [5.41, 5.74) is 0. The lowest BCUT2D eigenvalue weighted by molar-refractivity contribution is -0.142. The second kappa shape index (κ2) is 8.53. The third-order valence-corrected chi connectivity index (χ3v) is 4.72. The Morgan fingerprint density at radius 2 is 1.88 bits per heavy atom. The number of esters is 1. The van der Waals surface area contributed by atoms with Crippen molar-refractivity contribution in [3.63, 3.8) is 0 Å². The highest BCUT2D eigenvalue weighted by molar-refractivity contribution is 9.10. The minimum absolute atomic E-state index is 0.172. The smallest absolute Gasteiger partial charge is 0.319 e. The van der Waals surface area contributed by atoms with Crippen LogP contribution >= 0.6 is 27.0 Å². The van der Waals surface area contributed by atoms with Crippen LogP contribution in [0.15, 0.2) is 0 Å². The van der Waals surface area contributed by atoms with Gasteiger partial charge in [-0.15, -0.1) is 0 Å². The molecule has 1 atom stereocenters. The Morgan fingerprint density at radius 3 is 2.38 bits per heavy atom. The maximum atomic E-state index is 11.1. The van der Waals surface area contributed by atoms with Crippen molar-refractivity contribution in [2.45, 2.75) is 56.6 Å². The molecule has 0 aromatic heterocycles. The molecule has 0 amide bonds. The fourth-order valence-corrected chi connectivity index (χ4v) is 2.91. The summed E-state index contributed by atoms with van der Waals surface area (Å²) in [6.07, 6.45) is 4.46. The Morgan fingerprint density at radius 1 is 1.31 bits per heavy atom. The highest BCUT2D eigenvalue weighted by atomic mass is 79.9. The topological polar surface area (TPSA) is 26.3 Å². The van der Waals surface area contributed by atoms with Gasteiger partial charge < -0.3 is 4.74 Å². The second-order valence-electron chi connectivity index (χ2n) is 4.67. The Hall–Kier alpha value is 0.457. The number of ether oxygens (including phenoxy) is 1. The molecule has 0 saturated heterocycles. The standard InChI is InChI=1S/C11H22BrClO2Si/c1-10(12)11(14)15-8-6-4-5-7-9-16(2,3)13/h10H,4-9H2,1-3H3. The quantitative estimate of drug-likeness (QED) is 0.218. The van der Waals surface area contributed by atoms with Gasteiger partial charge in [0.25, 0.3) is 0 Å². The molecule has 0 heterocycles. The first-order chi connectivity index (χ1) is 7.33. The molecule has 0 spiro atoms. The molecular weight excluding hydrogens is 308 g/mol. The average molecular weight is 330 g/mol. The lowest BCUT2D eigenvalue weighted by Gasteiger charge is -2.11. The van der Waals surface area contributed by atoms with E-state index in [-0.39, 0.29) is 10.8 Å². The van der Waals surface area contributed by atoms with Crippen molar-refractivity contribution in [3.05, 3.63) is 0 Å². The van der Waals surface area contributed by atoms with E-state index >= 15 is 0 Å². The Labute approximate surface area is 113 Å². The van der Waals surface area contributed by atoms with E-state index in [9.17, 15) is 4.79 Å². The van der Waals surface area contributed by atoms with Gasteiger partial charge in [-0.05, 0) is 19.4 Å². The molecule has 2 nitrogen and oxygen atoms in total. The van der Waals surface area contributed by atoms with Crippen LogP contribution in [0.25, 0.3) is 0 Å². The maximum absolute atomic E-state index is 11.1. The monoisotopic (exact) mass is 328 g/mol. The van der Waals surface area contributed by atoms with Crippen LogP contribution < -0.4 is 0 Å². The van der Waals surface area contributed by atoms with Crippen molar-refractivity contribution in [1.29, 1.82) is 0 Å². The van der Waals surface area contributed by atoms with E-state index < -0.39 is 7.38 Å². The summed E-state index contributed by atoms with van der Waals surface area (Å²) in [6, 6.07) is 1.17. The van der Waals surface area contributed by atoms with Gasteiger partial charge >= 0.3 is 5.97 Å². The van der Waals surface area contributed by atoms with Crippen molar-refractivity contribution in [3.8, 4) is 0 Å². The van der Waals surface area contributed by atoms with Crippen LogP contribution in [0.5, 0.6) is 0 Å². The fourth-order valence-electron chi connectivity index (χ4n) is 1.29. The van der Waals surface area contributed by atoms with Crippen LogP contribution in [0.1, 0.15) is 32.6 Å². The van der Waals surface area contributed by atoms with E-state index in [0.717, 1.165) is 12.8 Å². The zero-order chi connectivity index (χ0) is 12.6. The number of carbonyl (C=O) groups is 1. The van der Waals surface area contributed by atoms with E-state index in [4.69, 9.17) is 15.8 Å². The molecule has 0 aromatic carbocycles. The van der Waals surface area contributed by atoms with Crippen LogP contribution in [0, 0.1) is 0 Å². The molecule has 5 heteroatoms. The fraction of sp³-hybridized carbons (Fsp3) is 0.909. The number of alkyl halides is 1. The van der Waals surface area contributed by atoms with Gasteiger partial charge in [-0.1, -0.05) is 48.3 Å². The predicted octanol–water partition coefficient (Wildman–Crippen LogP) is 4.32. The molecule has 0 aliphatic carbocycles. The van der Waals surface area contributed by atoms with Crippen LogP contribution in [0.3, 0.4) is 0 Å². The highest BCUT2D eigenvalue weighted by Crippen LogP contribution is 2.18. The predicted molar refractivity (Wildman–Crippen MR) is 76.0 cm³/mol. The van der Waals surface area contributed by atoms with Crippen LogP contribution in [0.4, 0.5) is 0 Å². The number of hydrogen-bond donors (Lipinski definition) is 0. The number of rotatable bonds is 8. The summed E-state index contributed by atoms with van der Waals surface area (Å²) in [6.45, 7) is 6.66. The summed E-state index contributed by atoms with van der Waals surface area (Å²) in [5, 5.41) is 0. The van der Waals surface area contributed by atoms with Crippen LogP contribution in [-0.4, -0.2) is 24.8 Å². The normalized spacial score (nSPS) is 13.6. The van der Waals surface area contributed by atoms with Crippen molar-refractivity contribution >= 4 is 40.4 Å². The summed E-state index contributed by atoms with van der Waals surface area (Å²) >= 11 is 9.38. The van der Waals surface area contributed by atoms with E-state index in [2.05, 4.69) is 29.0 Å². The maximum Gasteiger partial charge on any atom is 0.319 e. The van der Waals surface area contributed by atoms with Gasteiger partial charge in [0.1, 0.15) is 12.2 Å². The second-order valence-corrected chi connectivity index (χ2v) is 13.0. The van der Waals surface area contributed by atoms with Crippen molar-refractivity contribution in [1.82, 2.24) is 0 Å². The molecule has 0 saturated carbocycles. The minimum Gasteiger partial charge on any atom is -0.465 e. The zero-order valence-corrected chi connectivity index (χ0v) is 13.7. The lowest BCUT2D eigenvalue weighted by atomic mass is 10.2. The number of halogens is 2. The molecule has 0 aliphatic heterocycles. The van der Waals surface area contributed by atoms with Gasteiger partial charge in [0.2, 0.25) is 0 Å². The molecular formula is C11H22BrClO2Si. The average Bonchev–Trinajstić information content (AvgIpc) is 2.14. The van der Waals surface area contributed by atoms with E-state index in [0.29, 0.717) is 6.61 Å². The molecule has 96 valence electrons. The largest absolute Gasteiger partial charge is 0.465 e. The van der Waals surface area contributed by atoms with Crippen molar-refractivity contribution in [2.24, 2.45) is 0 Å². The molecule has 0 N–H and O–H groups in total. The summed E-state index contributed by atoms with van der Waals surface area (Å²) in [7, 11) is -1.38. The molecule has 0 aliphatic rings. The molecule has 0 fully saturated rings. The first-order valence-corrected chi connectivity index (χ1v) is 11.0. The Kier molecular flexibility index (Phi) is 8.78. The van der Waals surface area contributed by atoms with Crippen molar-refractivity contribution < 1.29 is 9.53 Å². The number of carbonyl (C=O) groups excluding carboxylic acids is 1. The lowest BCUT2D eigenvalue weighted by Crippen LogP contribution is -2.15. The number of hydrogen-bond acceptors (Lipinski definition) is 2. The summed E-state index contributed by atoms with van der Waals surface area (Å²) in [4.78, 5) is 10.9. The third-order valence-electron chi connectivity index (χ3n) is 2.23. The highest BCUT2D eigenvalue weighted by Gasteiger charge is 2.15. The molecule has 0 bridgehead atoms. The molecule has 0 radical (unpaired) electrons. The first kappa shape index (κ1) is 16.5. The summed E-state index contributed by atoms with van der Waals surface area (Å²) in [5.74, 6) is -0.172. The Bertz CT molecular complexity index is 205. The van der Waals surface area contributed by atoms with Gasteiger partial charge in [0.15, 0.2) is 0 Å². The third kappa shape index (κ3) is 11.0. The van der Waals surface area contributed by atoms with Gasteiger partial charge in [0.05, 0.1) is 6.61 Å². The minimum atomic E-state index is -1.38. The van der Waals surface area contributed by atoms with E-state index in [1.165, 1.54) is 18.9 Å². The van der Waals surface area contributed by atoms with Crippen LogP contribution in [-0.2, 0) is 9.53 Å². The molecule has 0 rings (SSSR count). The first-order valence-electron chi connectivity index (χ1n) is 5.82. The molecule has 16 heavy (non-hydrogen) atoms. The van der Waals surface area contributed by atoms with Gasteiger partial charge in [-0.25, -0.2) is 0 Å². The molecule has 0 aromatic rings. The van der Waals surface area contributed by atoms with Crippen LogP contribution in [0.2, 0.25) is 19.1 Å².